The highest BCUT2D eigenvalue weighted by atomic mass is 16.3. The van der Waals surface area contributed by atoms with Gasteiger partial charge in [0.1, 0.15) is 5.76 Å². The van der Waals surface area contributed by atoms with E-state index in [-0.39, 0.29) is 0 Å². The summed E-state index contributed by atoms with van der Waals surface area (Å²) in [5.41, 5.74) is 0. The molecule has 0 saturated heterocycles. The van der Waals surface area contributed by atoms with E-state index in [0.29, 0.717) is 18.1 Å². The minimum absolute atomic E-state index is 0.456. The van der Waals surface area contributed by atoms with Crippen molar-refractivity contribution in [2.75, 3.05) is 13.1 Å². The Bertz CT molecular complexity index is 298. The van der Waals surface area contributed by atoms with Gasteiger partial charge < -0.3 is 9.73 Å². The van der Waals surface area contributed by atoms with Gasteiger partial charge >= 0.3 is 0 Å². The van der Waals surface area contributed by atoms with Gasteiger partial charge in [-0.2, -0.15) is 0 Å². The van der Waals surface area contributed by atoms with Crippen molar-refractivity contribution in [3.8, 4) is 0 Å². The van der Waals surface area contributed by atoms with E-state index in [9.17, 15) is 0 Å². The summed E-state index contributed by atoms with van der Waals surface area (Å²) in [6, 6.07) is 5.64. The van der Waals surface area contributed by atoms with Crippen LogP contribution < -0.4 is 5.32 Å². The van der Waals surface area contributed by atoms with Crippen molar-refractivity contribution in [2.45, 2.75) is 59.2 Å². The van der Waals surface area contributed by atoms with Gasteiger partial charge in [0.2, 0.25) is 0 Å². The molecule has 104 valence electrons. The van der Waals surface area contributed by atoms with E-state index in [1.54, 1.807) is 6.26 Å². The van der Waals surface area contributed by atoms with E-state index in [4.69, 9.17) is 4.42 Å². The number of nitrogens with zero attached hydrogens (tertiary/aromatic N) is 1. The quantitative estimate of drug-likeness (QED) is 0.771. The summed E-state index contributed by atoms with van der Waals surface area (Å²) in [7, 11) is 0. The van der Waals surface area contributed by atoms with Crippen molar-refractivity contribution in [3.63, 3.8) is 0 Å². The Morgan fingerprint density at radius 1 is 1.17 bits per heavy atom. The second-order valence-electron chi connectivity index (χ2n) is 5.56. The molecule has 3 nitrogen and oxygen atoms in total. The Morgan fingerprint density at radius 3 is 2.33 bits per heavy atom. The molecule has 0 aliphatic rings. The fourth-order valence-electron chi connectivity index (χ4n) is 2.36. The lowest BCUT2D eigenvalue weighted by atomic mass is 10.2. The van der Waals surface area contributed by atoms with E-state index >= 15 is 0 Å². The zero-order valence-corrected chi connectivity index (χ0v) is 12.4. The topological polar surface area (TPSA) is 28.4 Å². The molecule has 0 fully saturated rings. The molecule has 0 aliphatic heterocycles. The van der Waals surface area contributed by atoms with Gasteiger partial charge in [-0.1, -0.05) is 0 Å². The molecule has 0 bridgehead atoms. The van der Waals surface area contributed by atoms with Gasteiger partial charge in [0.25, 0.3) is 0 Å². The molecule has 0 aliphatic carbocycles. The predicted molar refractivity (Wildman–Crippen MR) is 76.9 cm³/mol. The van der Waals surface area contributed by atoms with Crippen LogP contribution in [0.25, 0.3) is 0 Å². The smallest absolute Gasteiger partial charge is 0.105 e. The van der Waals surface area contributed by atoms with E-state index in [2.05, 4.69) is 44.8 Å². The van der Waals surface area contributed by atoms with Crippen molar-refractivity contribution in [2.24, 2.45) is 0 Å². The average Bonchev–Trinajstić information content (AvgIpc) is 2.75. The van der Waals surface area contributed by atoms with Crippen LogP contribution in [-0.2, 0) is 6.42 Å². The number of rotatable bonds is 8. The lowest BCUT2D eigenvalue weighted by molar-refractivity contribution is 0.174. The molecule has 3 heteroatoms. The molecule has 1 atom stereocenters. The average molecular weight is 252 g/mol. The first kappa shape index (κ1) is 15.3. The minimum Gasteiger partial charge on any atom is -0.469 e. The van der Waals surface area contributed by atoms with Crippen LogP contribution in [0.2, 0.25) is 0 Å². The lowest BCUT2D eigenvalue weighted by Crippen LogP contribution is -2.43. The molecule has 1 unspecified atom stereocenters. The number of nitrogens with one attached hydrogen (secondary N) is 1. The lowest BCUT2D eigenvalue weighted by Gasteiger charge is -2.31. The van der Waals surface area contributed by atoms with Crippen LogP contribution >= 0.6 is 0 Å². The summed E-state index contributed by atoms with van der Waals surface area (Å²) in [4.78, 5) is 2.51. The summed E-state index contributed by atoms with van der Waals surface area (Å²) in [5, 5.41) is 3.56. The highest BCUT2D eigenvalue weighted by molar-refractivity contribution is 4.99. The Hall–Kier alpha value is -0.800. The fourth-order valence-corrected chi connectivity index (χ4v) is 2.36. The van der Waals surface area contributed by atoms with E-state index in [0.717, 1.165) is 25.3 Å². The summed E-state index contributed by atoms with van der Waals surface area (Å²) in [5.74, 6) is 1.06. The highest BCUT2D eigenvalue weighted by Crippen LogP contribution is 2.05. The third-order valence-electron chi connectivity index (χ3n) is 3.28. The SMILES string of the molecule is CC(Cc1ccco1)NCCN(C(C)C)C(C)C. The Labute approximate surface area is 112 Å². The second-order valence-corrected chi connectivity index (χ2v) is 5.56. The normalized spacial score (nSPS) is 13.8. The summed E-state index contributed by atoms with van der Waals surface area (Å²) < 4.78 is 5.36. The number of hydrogen-bond donors (Lipinski definition) is 1. The molecule has 0 saturated carbocycles. The van der Waals surface area contributed by atoms with E-state index < -0.39 is 0 Å². The summed E-state index contributed by atoms with van der Waals surface area (Å²) >= 11 is 0. The van der Waals surface area contributed by atoms with Crippen LogP contribution in [0.5, 0.6) is 0 Å². The molecule has 0 spiro atoms. The highest BCUT2D eigenvalue weighted by Gasteiger charge is 2.13. The van der Waals surface area contributed by atoms with Crippen LogP contribution in [0.1, 0.15) is 40.4 Å². The molecule has 0 radical (unpaired) electrons. The van der Waals surface area contributed by atoms with Gasteiger partial charge in [0.15, 0.2) is 0 Å². The second kappa shape index (κ2) is 7.59. The van der Waals surface area contributed by atoms with Crippen molar-refractivity contribution >= 4 is 0 Å². The zero-order valence-electron chi connectivity index (χ0n) is 12.4. The third kappa shape index (κ3) is 5.23. The summed E-state index contributed by atoms with van der Waals surface area (Å²) in [6.45, 7) is 13.4. The van der Waals surface area contributed by atoms with Crippen LogP contribution in [0.15, 0.2) is 22.8 Å². The summed E-state index contributed by atoms with van der Waals surface area (Å²) in [6.07, 6.45) is 2.69. The van der Waals surface area contributed by atoms with Crippen LogP contribution in [0, 0.1) is 0 Å². The van der Waals surface area contributed by atoms with Crippen LogP contribution in [0.3, 0.4) is 0 Å². The maximum absolute atomic E-state index is 5.36. The molecule has 1 aromatic heterocycles. The largest absolute Gasteiger partial charge is 0.469 e. The number of furan rings is 1. The van der Waals surface area contributed by atoms with Crippen LogP contribution in [0.4, 0.5) is 0 Å². The zero-order chi connectivity index (χ0) is 13.5. The minimum atomic E-state index is 0.456. The molecule has 1 N–H and O–H groups in total. The molecule has 1 heterocycles. The number of hydrogen-bond acceptors (Lipinski definition) is 3. The van der Waals surface area contributed by atoms with Gasteiger partial charge in [-0.15, -0.1) is 0 Å². The van der Waals surface area contributed by atoms with Crippen molar-refractivity contribution in [1.82, 2.24) is 10.2 Å². The Balaban J connectivity index is 2.24. The molecular formula is C15H28N2O. The molecule has 0 amide bonds. The molecular weight excluding hydrogens is 224 g/mol. The molecule has 18 heavy (non-hydrogen) atoms. The Kier molecular flexibility index (Phi) is 6.44. The van der Waals surface area contributed by atoms with Gasteiger partial charge in [0, 0.05) is 37.6 Å². The van der Waals surface area contributed by atoms with Crippen molar-refractivity contribution in [1.29, 1.82) is 0 Å². The van der Waals surface area contributed by atoms with Crippen LogP contribution in [-0.4, -0.2) is 36.1 Å². The fraction of sp³-hybridized carbons (Fsp3) is 0.733. The predicted octanol–water partition coefficient (Wildman–Crippen LogP) is 2.92. The molecule has 1 rings (SSSR count). The van der Waals surface area contributed by atoms with Gasteiger partial charge in [-0.25, -0.2) is 0 Å². The standard InChI is InChI=1S/C15H28N2O/c1-12(2)17(13(3)4)9-8-16-14(5)11-15-7-6-10-18-15/h6-7,10,12-14,16H,8-9,11H2,1-5H3. The molecule has 0 aromatic carbocycles. The van der Waals surface area contributed by atoms with Gasteiger partial charge in [-0.05, 0) is 46.8 Å². The monoisotopic (exact) mass is 252 g/mol. The van der Waals surface area contributed by atoms with Gasteiger partial charge in [0.05, 0.1) is 6.26 Å². The Morgan fingerprint density at radius 2 is 1.83 bits per heavy atom. The van der Waals surface area contributed by atoms with E-state index in [1.807, 2.05) is 12.1 Å². The van der Waals surface area contributed by atoms with Crippen molar-refractivity contribution in [3.05, 3.63) is 24.2 Å². The third-order valence-corrected chi connectivity index (χ3v) is 3.28. The first-order chi connectivity index (χ1) is 8.50. The molecule has 1 aromatic rings. The van der Waals surface area contributed by atoms with E-state index in [1.165, 1.54) is 0 Å². The first-order valence-corrected chi connectivity index (χ1v) is 7.02. The maximum atomic E-state index is 5.36. The first-order valence-electron chi connectivity index (χ1n) is 7.02. The van der Waals surface area contributed by atoms with Crippen molar-refractivity contribution < 1.29 is 4.42 Å². The van der Waals surface area contributed by atoms with Gasteiger partial charge in [-0.3, -0.25) is 4.90 Å². The maximum Gasteiger partial charge on any atom is 0.105 e.